The lowest BCUT2D eigenvalue weighted by Gasteiger charge is -2.32. The van der Waals surface area contributed by atoms with Crippen molar-refractivity contribution in [3.05, 3.63) is 47.0 Å². The van der Waals surface area contributed by atoms with Crippen molar-refractivity contribution in [1.29, 1.82) is 0 Å². The number of carbonyl (C=O) groups is 1. The quantitative estimate of drug-likeness (QED) is 0.876. The fourth-order valence-corrected chi connectivity index (χ4v) is 3.82. The van der Waals surface area contributed by atoms with Gasteiger partial charge in [0.05, 0.1) is 26.3 Å². The largest absolute Gasteiger partial charge is 0.492 e. The number of likely N-dealkylation sites (N-methyl/N-ethyl adjacent to an activating group) is 1. The Balaban J connectivity index is 1.75. The summed E-state index contributed by atoms with van der Waals surface area (Å²) in [6.07, 6.45) is 0.863. The van der Waals surface area contributed by atoms with Crippen LogP contribution in [0.25, 0.3) is 0 Å². The first-order valence-corrected chi connectivity index (χ1v) is 8.77. The molecular weight excluding hydrogens is 332 g/mol. The summed E-state index contributed by atoms with van der Waals surface area (Å²) in [6, 6.07) is 9.43. The summed E-state index contributed by atoms with van der Waals surface area (Å²) in [7, 11) is 3.64. The van der Waals surface area contributed by atoms with E-state index in [4.69, 9.17) is 14.2 Å². The number of ether oxygens (including phenoxy) is 3. The lowest BCUT2D eigenvalue weighted by molar-refractivity contribution is -0.904. The number of aryl methyl sites for hydroxylation is 1. The van der Waals surface area contributed by atoms with Crippen molar-refractivity contribution in [1.82, 2.24) is 0 Å². The molecule has 1 unspecified atom stereocenters. The van der Waals surface area contributed by atoms with Gasteiger partial charge < -0.3 is 24.4 Å². The van der Waals surface area contributed by atoms with Crippen LogP contribution in [-0.4, -0.2) is 33.4 Å². The van der Waals surface area contributed by atoms with Gasteiger partial charge in [-0.15, -0.1) is 0 Å². The third kappa shape index (κ3) is 2.76. The first kappa shape index (κ1) is 16.7. The van der Waals surface area contributed by atoms with Crippen LogP contribution in [0.3, 0.4) is 0 Å². The maximum atomic E-state index is 13.2. The zero-order chi connectivity index (χ0) is 18.3. The van der Waals surface area contributed by atoms with Crippen molar-refractivity contribution >= 4 is 11.6 Å². The number of fused-ring (bicyclic) bond motifs is 2. The lowest BCUT2D eigenvalue weighted by atomic mass is 9.90. The number of amides is 1. The van der Waals surface area contributed by atoms with Gasteiger partial charge in [0, 0.05) is 12.1 Å². The highest BCUT2D eigenvalue weighted by molar-refractivity contribution is 5.95. The molecule has 2 N–H and O–H groups in total. The van der Waals surface area contributed by atoms with Crippen LogP contribution in [0.1, 0.15) is 22.7 Å². The molecule has 0 saturated carbocycles. The molecule has 4 rings (SSSR count). The van der Waals surface area contributed by atoms with Crippen molar-refractivity contribution < 1.29 is 23.9 Å². The summed E-state index contributed by atoms with van der Waals surface area (Å²) in [5.74, 6) is 1.84. The van der Waals surface area contributed by atoms with Crippen LogP contribution in [-0.2, 0) is 11.2 Å². The number of methoxy groups -OCH3 is 1. The van der Waals surface area contributed by atoms with E-state index in [0.29, 0.717) is 17.2 Å². The molecule has 2 aliphatic heterocycles. The average Bonchev–Trinajstić information content (AvgIpc) is 3.07. The van der Waals surface area contributed by atoms with E-state index in [1.165, 1.54) is 0 Å². The molecule has 0 aliphatic carbocycles. The Morgan fingerprint density at radius 3 is 2.92 bits per heavy atom. The molecule has 136 valence electrons. The van der Waals surface area contributed by atoms with Gasteiger partial charge >= 0.3 is 0 Å². The topological polar surface area (TPSA) is 61.2 Å². The minimum absolute atomic E-state index is 0.0498. The highest BCUT2D eigenvalue weighted by Gasteiger charge is 2.40. The monoisotopic (exact) mass is 355 g/mol. The summed E-state index contributed by atoms with van der Waals surface area (Å²) >= 11 is 0. The molecule has 6 heteroatoms. The van der Waals surface area contributed by atoms with E-state index >= 15 is 0 Å². The van der Waals surface area contributed by atoms with Crippen molar-refractivity contribution in [3.63, 3.8) is 0 Å². The molecule has 1 amide bonds. The third-order valence-corrected chi connectivity index (χ3v) is 5.07. The molecule has 0 radical (unpaired) electrons. The molecule has 0 saturated heterocycles. The highest BCUT2D eigenvalue weighted by Crippen LogP contribution is 2.47. The van der Waals surface area contributed by atoms with Gasteiger partial charge in [0.15, 0.2) is 17.5 Å². The fourth-order valence-electron chi connectivity index (χ4n) is 3.82. The van der Waals surface area contributed by atoms with E-state index in [1.54, 1.807) is 7.11 Å². The SMILES string of the molecule is COc1c2c(cc3c1[C@@H](C(=O)Nc1cccc(C)c1)[NH+](C)CC3)OCO2. The fraction of sp³-hybridized carbons (Fsp3) is 0.350. The van der Waals surface area contributed by atoms with Gasteiger partial charge in [-0.1, -0.05) is 12.1 Å². The first-order valence-electron chi connectivity index (χ1n) is 8.77. The second-order valence-electron chi connectivity index (χ2n) is 6.85. The summed E-state index contributed by atoms with van der Waals surface area (Å²) in [5, 5.41) is 3.06. The molecule has 2 heterocycles. The molecule has 0 spiro atoms. The first-order chi connectivity index (χ1) is 12.6. The van der Waals surface area contributed by atoms with Crippen LogP contribution in [0.5, 0.6) is 17.2 Å². The molecular formula is C20H23N2O4+. The Labute approximate surface area is 152 Å². The van der Waals surface area contributed by atoms with Crippen molar-refractivity contribution in [3.8, 4) is 17.2 Å². The van der Waals surface area contributed by atoms with E-state index in [2.05, 4.69) is 5.32 Å². The summed E-state index contributed by atoms with van der Waals surface area (Å²) in [5.41, 5.74) is 3.88. The summed E-state index contributed by atoms with van der Waals surface area (Å²) in [4.78, 5) is 14.3. The number of nitrogens with one attached hydrogen (secondary N) is 2. The molecule has 26 heavy (non-hydrogen) atoms. The van der Waals surface area contributed by atoms with E-state index in [0.717, 1.165) is 40.2 Å². The minimum Gasteiger partial charge on any atom is -0.492 e. The Morgan fingerprint density at radius 2 is 2.15 bits per heavy atom. The van der Waals surface area contributed by atoms with Gasteiger partial charge in [-0.05, 0) is 36.2 Å². The molecule has 0 fully saturated rings. The van der Waals surface area contributed by atoms with Gasteiger partial charge in [0.25, 0.3) is 5.91 Å². The number of carbonyl (C=O) groups excluding carboxylic acids is 1. The van der Waals surface area contributed by atoms with Crippen molar-refractivity contribution in [2.24, 2.45) is 0 Å². The average molecular weight is 355 g/mol. The number of anilines is 1. The molecule has 2 aromatic rings. The Bertz CT molecular complexity index is 865. The molecule has 0 aromatic heterocycles. The second-order valence-corrected chi connectivity index (χ2v) is 6.85. The maximum Gasteiger partial charge on any atom is 0.287 e. The Morgan fingerprint density at radius 1 is 1.31 bits per heavy atom. The maximum absolute atomic E-state index is 13.2. The van der Waals surface area contributed by atoms with Crippen LogP contribution >= 0.6 is 0 Å². The van der Waals surface area contributed by atoms with Crippen molar-refractivity contribution in [2.45, 2.75) is 19.4 Å². The van der Waals surface area contributed by atoms with Gasteiger partial charge in [-0.25, -0.2) is 0 Å². The van der Waals surface area contributed by atoms with E-state index < -0.39 is 0 Å². The minimum atomic E-state index is -0.372. The van der Waals surface area contributed by atoms with E-state index in [1.807, 2.05) is 44.3 Å². The zero-order valence-corrected chi connectivity index (χ0v) is 15.2. The Hall–Kier alpha value is -2.73. The molecule has 0 bridgehead atoms. The van der Waals surface area contributed by atoms with Crippen molar-refractivity contribution in [2.75, 3.05) is 32.8 Å². The standard InChI is InChI=1S/C20H22N2O4/c1-12-5-4-6-14(9-12)21-20(23)17-16-13(7-8-22(17)2)10-15-18(19(16)24-3)26-11-25-15/h4-6,9-10,17H,7-8,11H2,1-3H3,(H,21,23)/p+1/t17-/m0/s1. The Kier molecular flexibility index (Phi) is 4.20. The number of rotatable bonds is 3. The smallest absolute Gasteiger partial charge is 0.287 e. The third-order valence-electron chi connectivity index (χ3n) is 5.07. The zero-order valence-electron chi connectivity index (χ0n) is 15.2. The molecule has 6 nitrogen and oxygen atoms in total. The molecule has 2 aromatic carbocycles. The number of hydrogen-bond donors (Lipinski definition) is 2. The highest BCUT2D eigenvalue weighted by atomic mass is 16.7. The predicted molar refractivity (Wildman–Crippen MR) is 97.1 cm³/mol. The van der Waals surface area contributed by atoms with Gasteiger partial charge in [-0.3, -0.25) is 4.79 Å². The molecule has 2 atom stereocenters. The van der Waals surface area contributed by atoms with Crippen LogP contribution in [0.15, 0.2) is 30.3 Å². The number of benzene rings is 2. The lowest BCUT2D eigenvalue weighted by Crippen LogP contribution is -3.11. The van der Waals surface area contributed by atoms with Crippen LogP contribution in [0.4, 0.5) is 5.69 Å². The van der Waals surface area contributed by atoms with Crippen LogP contribution in [0.2, 0.25) is 0 Å². The molecule has 2 aliphatic rings. The van der Waals surface area contributed by atoms with Crippen LogP contribution < -0.4 is 24.4 Å². The summed E-state index contributed by atoms with van der Waals surface area (Å²) in [6.45, 7) is 3.05. The van der Waals surface area contributed by atoms with Gasteiger partial charge in [-0.2, -0.15) is 0 Å². The van der Waals surface area contributed by atoms with E-state index in [-0.39, 0.29) is 18.7 Å². The number of quaternary nitrogens is 1. The van der Waals surface area contributed by atoms with Gasteiger partial charge in [0.2, 0.25) is 12.5 Å². The predicted octanol–water partition coefficient (Wildman–Crippen LogP) is 1.48. The van der Waals surface area contributed by atoms with Crippen LogP contribution in [0, 0.1) is 6.92 Å². The summed E-state index contributed by atoms with van der Waals surface area (Å²) < 4.78 is 16.8. The number of hydrogen-bond acceptors (Lipinski definition) is 4. The normalized spacial score (nSPS) is 20.4. The van der Waals surface area contributed by atoms with E-state index in [9.17, 15) is 4.79 Å². The second kappa shape index (κ2) is 6.53. The van der Waals surface area contributed by atoms with Gasteiger partial charge in [0.1, 0.15) is 0 Å².